The number of allylic oxidation sites excluding steroid dienone is 1. The van der Waals surface area contributed by atoms with Gasteiger partial charge in [0.15, 0.2) is 0 Å². The summed E-state index contributed by atoms with van der Waals surface area (Å²) in [4.78, 5) is 27.5. The van der Waals surface area contributed by atoms with Crippen molar-refractivity contribution in [3.63, 3.8) is 0 Å². The number of esters is 1. The lowest BCUT2D eigenvalue weighted by molar-refractivity contribution is -0.143. The van der Waals surface area contributed by atoms with Gasteiger partial charge in [0.2, 0.25) is 5.91 Å². The highest BCUT2D eigenvalue weighted by Gasteiger charge is 2.37. The monoisotopic (exact) mass is 415 g/mol. The number of hydrogen-bond donors (Lipinski definition) is 0. The Hall–Kier alpha value is -2.66. The van der Waals surface area contributed by atoms with Crippen LogP contribution in [0.3, 0.4) is 0 Å². The van der Waals surface area contributed by atoms with E-state index in [1.165, 1.54) is 12.1 Å². The Bertz CT molecular complexity index is 953. The number of carbonyl (C=O) groups is 2. The number of hydrogen-bond acceptors (Lipinski definition) is 3. The van der Waals surface area contributed by atoms with Gasteiger partial charge < -0.3 is 9.64 Å². The summed E-state index contributed by atoms with van der Waals surface area (Å²) >= 11 is 6.14. The number of benzene rings is 2. The molecule has 0 radical (unpaired) electrons. The molecule has 0 fully saturated rings. The molecule has 1 aliphatic heterocycles. The van der Waals surface area contributed by atoms with Gasteiger partial charge in [-0.25, -0.2) is 9.18 Å². The van der Waals surface area contributed by atoms with Gasteiger partial charge in [-0.2, -0.15) is 0 Å². The molecule has 0 aliphatic carbocycles. The maximum atomic E-state index is 13.2. The maximum Gasteiger partial charge on any atom is 0.336 e. The van der Waals surface area contributed by atoms with Gasteiger partial charge in [0.1, 0.15) is 5.82 Å². The predicted octanol–water partition coefficient (Wildman–Crippen LogP) is 5.22. The molecular formula is C23H23ClFNO3. The molecule has 2 aromatic rings. The van der Waals surface area contributed by atoms with E-state index in [2.05, 4.69) is 0 Å². The molecule has 2 aromatic carbocycles. The smallest absolute Gasteiger partial charge is 0.336 e. The Labute approximate surface area is 174 Å². The van der Waals surface area contributed by atoms with Gasteiger partial charge >= 0.3 is 5.97 Å². The van der Waals surface area contributed by atoms with E-state index < -0.39 is 11.9 Å². The maximum absolute atomic E-state index is 13.2. The van der Waals surface area contributed by atoms with Gasteiger partial charge in [-0.1, -0.05) is 35.9 Å². The van der Waals surface area contributed by atoms with E-state index in [-0.39, 0.29) is 30.8 Å². The molecule has 29 heavy (non-hydrogen) atoms. The van der Waals surface area contributed by atoms with Crippen molar-refractivity contribution in [1.29, 1.82) is 0 Å². The molecule has 3 rings (SSSR count). The molecule has 152 valence electrons. The van der Waals surface area contributed by atoms with E-state index >= 15 is 0 Å². The second kappa shape index (κ2) is 8.78. The summed E-state index contributed by atoms with van der Waals surface area (Å²) in [6, 6.07) is 13.1. The third-order valence-electron chi connectivity index (χ3n) is 4.89. The number of rotatable bonds is 5. The van der Waals surface area contributed by atoms with Crippen molar-refractivity contribution in [3.8, 4) is 0 Å². The summed E-state index contributed by atoms with van der Waals surface area (Å²) in [6.07, 6.45) is -0.160. The van der Waals surface area contributed by atoms with Gasteiger partial charge in [0.25, 0.3) is 0 Å². The second-order valence-corrected chi connectivity index (χ2v) is 7.81. The Morgan fingerprint density at radius 3 is 2.55 bits per heavy atom. The highest BCUT2D eigenvalue weighted by atomic mass is 35.5. The van der Waals surface area contributed by atoms with Gasteiger partial charge in [-0.05, 0) is 56.2 Å². The molecule has 0 bridgehead atoms. The van der Waals surface area contributed by atoms with E-state index in [0.29, 0.717) is 16.3 Å². The molecule has 0 saturated carbocycles. The van der Waals surface area contributed by atoms with E-state index in [1.807, 2.05) is 6.07 Å². The first-order valence-electron chi connectivity index (χ1n) is 9.48. The van der Waals surface area contributed by atoms with Crippen LogP contribution >= 0.6 is 11.6 Å². The molecule has 1 heterocycles. The van der Waals surface area contributed by atoms with Crippen molar-refractivity contribution in [2.45, 2.75) is 45.8 Å². The quantitative estimate of drug-likeness (QED) is 0.629. The lowest BCUT2D eigenvalue weighted by Gasteiger charge is -2.35. The normalized spacial score (nSPS) is 17.1. The minimum absolute atomic E-state index is 0.113. The van der Waals surface area contributed by atoms with Crippen LogP contribution in [-0.2, 0) is 20.9 Å². The predicted molar refractivity (Wildman–Crippen MR) is 110 cm³/mol. The number of halogens is 2. The molecule has 0 saturated heterocycles. The number of carbonyl (C=O) groups excluding carboxylic acids is 2. The second-order valence-electron chi connectivity index (χ2n) is 7.37. The molecule has 6 heteroatoms. The first-order valence-corrected chi connectivity index (χ1v) is 9.86. The summed E-state index contributed by atoms with van der Waals surface area (Å²) < 4.78 is 18.7. The zero-order valence-corrected chi connectivity index (χ0v) is 17.4. The van der Waals surface area contributed by atoms with Crippen molar-refractivity contribution >= 4 is 23.5 Å². The molecular weight excluding hydrogens is 393 g/mol. The Balaban J connectivity index is 2.03. The van der Waals surface area contributed by atoms with Gasteiger partial charge in [0, 0.05) is 23.1 Å². The molecule has 0 aromatic heterocycles. The number of ether oxygens (including phenoxy) is 1. The third-order valence-corrected chi connectivity index (χ3v) is 5.13. The standard InChI is InChI=1S/C23H23ClFNO3/c1-14(2)29-23(28)22-15(3)26(13-16-7-9-19(25)10-8-16)21(27)12-20(22)17-5-4-6-18(24)11-17/h4-11,14,20H,12-13H2,1-3H3. The van der Waals surface area contributed by atoms with Crippen LogP contribution in [0.5, 0.6) is 0 Å². The fraction of sp³-hybridized carbons (Fsp3) is 0.304. The zero-order chi connectivity index (χ0) is 21.1. The zero-order valence-electron chi connectivity index (χ0n) is 16.6. The topological polar surface area (TPSA) is 46.6 Å². The van der Waals surface area contributed by atoms with Crippen molar-refractivity contribution < 1.29 is 18.7 Å². The Morgan fingerprint density at radius 2 is 1.93 bits per heavy atom. The number of nitrogens with zero attached hydrogens (tertiary/aromatic N) is 1. The van der Waals surface area contributed by atoms with Crippen LogP contribution in [-0.4, -0.2) is 22.9 Å². The van der Waals surface area contributed by atoms with Crippen molar-refractivity contribution in [2.75, 3.05) is 0 Å². The lowest BCUT2D eigenvalue weighted by Crippen LogP contribution is -2.38. The minimum Gasteiger partial charge on any atom is -0.460 e. The van der Waals surface area contributed by atoms with Crippen molar-refractivity contribution in [1.82, 2.24) is 4.90 Å². The third kappa shape index (κ3) is 4.85. The van der Waals surface area contributed by atoms with E-state index in [4.69, 9.17) is 16.3 Å². The van der Waals surface area contributed by atoms with E-state index in [1.54, 1.807) is 56.0 Å². The Morgan fingerprint density at radius 1 is 1.24 bits per heavy atom. The largest absolute Gasteiger partial charge is 0.460 e. The highest BCUT2D eigenvalue weighted by Crippen LogP contribution is 2.38. The summed E-state index contributed by atoms with van der Waals surface area (Å²) in [6.45, 7) is 5.57. The summed E-state index contributed by atoms with van der Waals surface area (Å²) in [5.41, 5.74) is 2.56. The van der Waals surface area contributed by atoms with E-state index in [0.717, 1.165) is 11.1 Å². The summed E-state index contributed by atoms with van der Waals surface area (Å²) in [5, 5.41) is 0.540. The minimum atomic E-state index is -0.445. The van der Waals surface area contributed by atoms with Crippen molar-refractivity contribution in [3.05, 3.63) is 81.8 Å². The molecule has 4 nitrogen and oxygen atoms in total. The molecule has 1 aliphatic rings. The van der Waals surface area contributed by atoms with Crippen LogP contribution in [0.1, 0.15) is 44.2 Å². The van der Waals surface area contributed by atoms with Crippen LogP contribution in [0.25, 0.3) is 0 Å². The molecule has 1 atom stereocenters. The molecule has 1 unspecified atom stereocenters. The van der Waals surface area contributed by atoms with Crippen LogP contribution in [0.4, 0.5) is 4.39 Å². The first kappa shape index (κ1) is 21.1. The fourth-order valence-corrected chi connectivity index (χ4v) is 3.72. The van der Waals surface area contributed by atoms with E-state index in [9.17, 15) is 14.0 Å². The molecule has 0 spiro atoms. The molecule has 0 N–H and O–H groups in total. The molecule has 1 amide bonds. The SMILES string of the molecule is CC1=C(C(=O)OC(C)C)C(c2cccc(Cl)c2)CC(=O)N1Cc1ccc(F)cc1. The highest BCUT2D eigenvalue weighted by molar-refractivity contribution is 6.30. The van der Waals surface area contributed by atoms with Gasteiger partial charge in [-0.15, -0.1) is 0 Å². The van der Waals surface area contributed by atoms with Crippen LogP contribution in [0, 0.1) is 5.82 Å². The Kier molecular flexibility index (Phi) is 6.38. The van der Waals surface area contributed by atoms with Gasteiger partial charge in [-0.3, -0.25) is 4.79 Å². The van der Waals surface area contributed by atoms with Crippen LogP contribution < -0.4 is 0 Å². The summed E-state index contributed by atoms with van der Waals surface area (Å²) in [7, 11) is 0. The lowest BCUT2D eigenvalue weighted by atomic mass is 9.83. The van der Waals surface area contributed by atoms with Gasteiger partial charge in [0.05, 0.1) is 18.2 Å². The van der Waals surface area contributed by atoms with Crippen molar-refractivity contribution in [2.24, 2.45) is 0 Å². The first-order chi connectivity index (χ1) is 13.8. The number of amides is 1. The average molecular weight is 416 g/mol. The van der Waals surface area contributed by atoms with Crippen LogP contribution in [0.2, 0.25) is 5.02 Å². The fourth-order valence-electron chi connectivity index (χ4n) is 3.53. The average Bonchev–Trinajstić information content (AvgIpc) is 2.65. The summed E-state index contributed by atoms with van der Waals surface area (Å²) in [5.74, 6) is -1.33. The van der Waals surface area contributed by atoms with Crippen LogP contribution in [0.15, 0.2) is 59.8 Å².